The number of phenolic OH excluding ortho intramolecular Hbond substituents is 4. The molecule has 0 aliphatic rings. The van der Waals surface area contributed by atoms with Crippen LogP contribution in [0, 0.1) is 0 Å². The lowest BCUT2D eigenvalue weighted by atomic mass is 10.0. The predicted molar refractivity (Wildman–Crippen MR) is 184 cm³/mol. The number of carbonyl (C=O) groups excluding carboxylic acids is 4. The number of hydrogen-bond acceptors (Lipinski definition) is 14. The third-order valence-electron chi connectivity index (χ3n) is 6.56. The first-order valence-electron chi connectivity index (χ1n) is 13.3. The minimum atomic E-state index is -0.936. The van der Waals surface area contributed by atoms with Crippen LogP contribution in [-0.2, 0) is 12.5 Å². The van der Waals surface area contributed by atoms with Crippen molar-refractivity contribution in [3.63, 3.8) is 0 Å². The highest BCUT2D eigenvalue weighted by molar-refractivity contribution is 7.44. The molecule has 0 unspecified atom stereocenters. The van der Waals surface area contributed by atoms with Crippen molar-refractivity contribution in [1.29, 1.82) is 0 Å². The number of primary amides is 4. The Morgan fingerprint density at radius 1 is 0.400 bits per heavy atom. The molecule has 264 valence electrons. The van der Waals surface area contributed by atoms with E-state index in [4.69, 9.17) is 50.5 Å². The summed E-state index contributed by atoms with van der Waals surface area (Å²) in [5, 5.41) is 42.3. The van der Waals surface area contributed by atoms with Crippen LogP contribution in [0.2, 0.25) is 0 Å². The number of rotatable bonds is 6. The van der Waals surface area contributed by atoms with Gasteiger partial charge in [0, 0.05) is 0 Å². The highest BCUT2D eigenvalue weighted by atomic mass is 32.1. The second kappa shape index (κ2) is 16.7. The van der Waals surface area contributed by atoms with Gasteiger partial charge in [0.25, 0.3) is 0 Å². The summed E-state index contributed by atoms with van der Waals surface area (Å²) < 4.78 is 7.83. The average molecular weight is 713 g/mol. The zero-order valence-corrected chi connectivity index (χ0v) is 26.4. The van der Waals surface area contributed by atoms with Crippen LogP contribution in [0.4, 0.5) is 41.9 Å². The van der Waals surface area contributed by atoms with Crippen LogP contribution in [0.1, 0.15) is 0 Å². The van der Waals surface area contributed by atoms with Gasteiger partial charge in [-0.3, -0.25) is 0 Å². The molecule has 8 amide bonds. The minimum absolute atomic E-state index is 0.0222. The fourth-order valence-electron chi connectivity index (χ4n) is 4.10. The number of benzene rings is 4. The number of amides is 8. The van der Waals surface area contributed by atoms with E-state index in [0.29, 0.717) is 42.3 Å². The van der Waals surface area contributed by atoms with Gasteiger partial charge in [0.1, 0.15) is 45.7 Å². The van der Waals surface area contributed by atoms with E-state index in [2.05, 4.69) is 12.5 Å². The fraction of sp³-hybridized carbons (Fsp3) is 0. The van der Waals surface area contributed by atoms with Crippen molar-refractivity contribution >= 4 is 59.4 Å². The molecule has 0 aliphatic carbocycles. The van der Waals surface area contributed by atoms with Crippen LogP contribution < -0.4 is 66.3 Å². The molecule has 0 saturated heterocycles. The van der Waals surface area contributed by atoms with Crippen molar-refractivity contribution in [1.82, 2.24) is 0 Å². The van der Waals surface area contributed by atoms with Gasteiger partial charge < -0.3 is 43.4 Å². The molecule has 0 fully saturated rings. The minimum Gasteiger partial charge on any atom is -0.506 e. The van der Waals surface area contributed by atoms with Crippen LogP contribution in [0.15, 0.2) is 72.8 Å². The highest BCUT2D eigenvalue weighted by Crippen LogP contribution is 2.37. The summed E-state index contributed by atoms with van der Waals surface area (Å²) in [6.07, 6.45) is 0. The maximum atomic E-state index is 11.0. The molecule has 4 rings (SSSR count). The number of carbonyl (C=O) groups is 4. The Morgan fingerprint density at radius 2 is 0.560 bits per heavy atom. The number of nitrogens with zero attached hydrogens (tertiary/aromatic N) is 4. The van der Waals surface area contributed by atoms with E-state index < -0.39 is 24.1 Å². The van der Waals surface area contributed by atoms with Crippen molar-refractivity contribution in [3.8, 4) is 45.3 Å². The van der Waals surface area contributed by atoms with Crippen molar-refractivity contribution in [2.24, 2.45) is 46.3 Å². The molecule has 0 radical (unpaired) electrons. The van der Waals surface area contributed by atoms with E-state index in [0.717, 1.165) is 0 Å². The first kappa shape index (κ1) is 39.2. The van der Waals surface area contributed by atoms with Crippen molar-refractivity contribution in [2.75, 3.05) is 20.0 Å². The first-order valence-corrected chi connectivity index (χ1v) is 13.6. The zero-order valence-electron chi connectivity index (χ0n) is 25.6. The lowest BCUT2D eigenvalue weighted by Crippen LogP contribution is -2.41. The number of nitrogens with two attached hydrogens (primary N) is 8. The monoisotopic (exact) mass is 712 g/mol. The molecule has 4 aromatic carbocycles. The van der Waals surface area contributed by atoms with Gasteiger partial charge in [-0.15, -0.1) is 0 Å². The van der Waals surface area contributed by atoms with E-state index in [9.17, 15) is 39.6 Å². The van der Waals surface area contributed by atoms with Gasteiger partial charge in [0.15, 0.2) is 12.5 Å². The molecule has 21 nitrogen and oxygen atoms in total. The van der Waals surface area contributed by atoms with Crippen LogP contribution in [0.25, 0.3) is 22.3 Å². The summed E-state index contributed by atoms with van der Waals surface area (Å²) in [5.74, 6) is 20.6. The van der Waals surface area contributed by atoms with Gasteiger partial charge in [-0.05, 0) is 70.8 Å². The molecule has 22 heteroatoms. The van der Waals surface area contributed by atoms with E-state index in [1.54, 1.807) is 24.3 Å². The van der Waals surface area contributed by atoms with E-state index in [1.807, 2.05) is 0 Å². The number of phenols is 4. The highest BCUT2D eigenvalue weighted by Gasteiger charge is 2.17. The van der Waals surface area contributed by atoms with Crippen molar-refractivity contribution < 1.29 is 43.8 Å². The van der Waals surface area contributed by atoms with Gasteiger partial charge in [0.2, 0.25) is 0 Å². The summed E-state index contributed by atoms with van der Waals surface area (Å²) in [5.41, 5.74) is 22.3. The largest absolute Gasteiger partial charge is 0.506 e. The molecule has 0 bridgehead atoms. The number of urea groups is 4. The number of anilines is 4. The molecular formula is C28H32N12O9S. The lowest BCUT2D eigenvalue weighted by Gasteiger charge is -2.17. The zero-order chi connectivity index (χ0) is 38.0. The summed E-state index contributed by atoms with van der Waals surface area (Å²) in [4.78, 5) is 44.1. The van der Waals surface area contributed by atoms with Crippen molar-refractivity contribution in [3.05, 3.63) is 72.8 Å². The Balaban J connectivity index is 0.000000330. The van der Waals surface area contributed by atoms with Gasteiger partial charge in [-0.2, -0.15) is 4.21 Å². The molecule has 50 heavy (non-hydrogen) atoms. The summed E-state index contributed by atoms with van der Waals surface area (Å²) >= 11 is 2.83. The van der Waals surface area contributed by atoms with Crippen LogP contribution in [0.5, 0.6) is 23.0 Å². The summed E-state index contributed by atoms with van der Waals surface area (Å²) in [7, 11) is 0. The Hall–Kier alpha value is -6.98. The average Bonchev–Trinajstić information content (AvgIpc) is 3.07. The van der Waals surface area contributed by atoms with Crippen LogP contribution in [-0.4, -0.2) is 48.8 Å². The van der Waals surface area contributed by atoms with Crippen LogP contribution in [0.3, 0.4) is 0 Å². The quantitative estimate of drug-likeness (QED) is 0.0723. The fourth-order valence-corrected chi connectivity index (χ4v) is 4.10. The third-order valence-corrected chi connectivity index (χ3v) is 6.56. The van der Waals surface area contributed by atoms with Crippen LogP contribution >= 0.6 is 0 Å². The van der Waals surface area contributed by atoms with Gasteiger partial charge in [0.05, 0.1) is 0 Å². The van der Waals surface area contributed by atoms with E-state index >= 15 is 0 Å². The second-order valence-electron chi connectivity index (χ2n) is 9.65. The second-order valence-corrected chi connectivity index (χ2v) is 9.65. The van der Waals surface area contributed by atoms with E-state index in [1.165, 1.54) is 48.5 Å². The SMILES string of the molecule is NC(=O)N(N)c1ccc(-c2ccc(N(N)C(N)=O)c(O)c2)cc1O.NC(=O)N(N)c1ccc(-c2ccc(N(N)C(N)=O)c(O)c2)cc1O.O=S. The Labute approximate surface area is 287 Å². The standard InChI is InChI=1S/2C14H16N6O4.OS/c2*15-13(23)19(17)9-3-1-7(5-11(9)21)8-2-4-10(12(22)6-8)20(18)14(16)24;1-2/h2*1-6,21-22H,17-18H2,(H2,15,23)(H2,16,24);. The normalized spacial score (nSPS) is 9.92. The molecule has 4 aromatic rings. The summed E-state index contributed by atoms with van der Waals surface area (Å²) in [6.45, 7) is 0. The number of hydrogen-bond donors (Lipinski definition) is 12. The molecule has 0 saturated carbocycles. The van der Waals surface area contributed by atoms with E-state index in [-0.39, 0.29) is 45.7 Å². The molecular weight excluding hydrogens is 680 g/mol. The predicted octanol–water partition coefficient (Wildman–Crippen LogP) is 0.229. The Kier molecular flexibility index (Phi) is 13.1. The molecule has 20 N–H and O–H groups in total. The topological polar surface area (TPSA) is 387 Å². The summed E-state index contributed by atoms with van der Waals surface area (Å²) in [6, 6.07) is 13.4. The molecule has 0 aromatic heterocycles. The molecule has 0 aliphatic heterocycles. The first-order chi connectivity index (χ1) is 23.4. The smallest absolute Gasteiger partial charge is 0.333 e. The maximum absolute atomic E-state index is 11.0. The Bertz CT molecular complexity index is 1650. The Morgan fingerprint density at radius 3 is 0.680 bits per heavy atom. The lowest BCUT2D eigenvalue weighted by molar-refractivity contribution is 0.253. The van der Waals surface area contributed by atoms with Gasteiger partial charge >= 0.3 is 24.1 Å². The number of aromatic hydroxyl groups is 4. The number of hydrazine groups is 4. The third kappa shape index (κ3) is 9.09. The maximum Gasteiger partial charge on any atom is 0.333 e. The van der Waals surface area contributed by atoms with Gasteiger partial charge in [-0.25, -0.2) is 62.6 Å². The van der Waals surface area contributed by atoms with Crippen molar-refractivity contribution in [2.45, 2.75) is 0 Å². The molecule has 0 heterocycles. The molecule has 0 atom stereocenters. The van der Waals surface area contributed by atoms with Gasteiger partial charge in [-0.1, -0.05) is 24.3 Å². The molecule has 0 spiro atoms.